The van der Waals surface area contributed by atoms with Gasteiger partial charge in [-0.3, -0.25) is 0 Å². The summed E-state index contributed by atoms with van der Waals surface area (Å²) in [5.74, 6) is 0.874. The molecule has 112 valence electrons. The molecule has 2 rings (SSSR count). The molecule has 2 aliphatic rings. The van der Waals surface area contributed by atoms with Crippen LogP contribution < -0.4 is 5.73 Å². The molecule has 4 nitrogen and oxygen atoms in total. The van der Waals surface area contributed by atoms with Crippen LogP contribution in [-0.2, 0) is 4.74 Å². The lowest BCUT2D eigenvalue weighted by atomic mass is 9.84. The smallest absolute Gasteiger partial charge is 0.0462 e. The normalized spacial score (nSPS) is 31.1. The molecule has 0 spiro atoms. The van der Waals surface area contributed by atoms with Crippen LogP contribution >= 0.6 is 0 Å². The van der Waals surface area contributed by atoms with Gasteiger partial charge < -0.3 is 20.3 Å². The third-order valence-corrected chi connectivity index (χ3v) is 4.85. The van der Waals surface area contributed by atoms with E-state index in [1.165, 1.54) is 38.9 Å². The second kappa shape index (κ2) is 7.58. The second-order valence-corrected chi connectivity index (χ2v) is 6.39. The highest BCUT2D eigenvalue weighted by molar-refractivity contribution is 4.89. The lowest BCUT2D eigenvalue weighted by Crippen LogP contribution is -2.54. The van der Waals surface area contributed by atoms with E-state index in [1.807, 2.05) is 0 Å². The van der Waals surface area contributed by atoms with Crippen LogP contribution in [0.2, 0.25) is 0 Å². The summed E-state index contributed by atoms with van der Waals surface area (Å²) in [5, 5.41) is 0. The van der Waals surface area contributed by atoms with E-state index < -0.39 is 0 Å². The van der Waals surface area contributed by atoms with Gasteiger partial charge in [-0.1, -0.05) is 0 Å². The minimum absolute atomic E-state index is 0.313. The molecule has 2 fully saturated rings. The summed E-state index contributed by atoms with van der Waals surface area (Å²) in [4.78, 5) is 5.17. The Balaban J connectivity index is 1.71. The monoisotopic (exact) mass is 269 g/mol. The van der Waals surface area contributed by atoms with Gasteiger partial charge in [-0.05, 0) is 58.2 Å². The lowest BCUT2D eigenvalue weighted by molar-refractivity contribution is 0.0358. The van der Waals surface area contributed by atoms with Crippen LogP contribution in [0, 0.1) is 5.92 Å². The molecular formula is C15H31N3O. The zero-order chi connectivity index (χ0) is 13.7. The van der Waals surface area contributed by atoms with Crippen molar-refractivity contribution in [1.82, 2.24) is 9.80 Å². The summed E-state index contributed by atoms with van der Waals surface area (Å²) in [6, 6.07) is 1.14. The van der Waals surface area contributed by atoms with Crippen LogP contribution in [0.4, 0.5) is 0 Å². The third-order valence-electron chi connectivity index (χ3n) is 4.85. The predicted molar refractivity (Wildman–Crippen MR) is 79.3 cm³/mol. The summed E-state index contributed by atoms with van der Waals surface area (Å²) in [6.07, 6.45) is 6.26. The fourth-order valence-electron chi connectivity index (χ4n) is 3.81. The first-order valence-corrected chi connectivity index (χ1v) is 7.88. The number of fused-ring (bicyclic) bond motifs is 1. The SMILES string of the molecule is COCCCC(N)CN1CCC2C(CCCN2C)C1. The van der Waals surface area contributed by atoms with Gasteiger partial charge in [0.2, 0.25) is 0 Å². The van der Waals surface area contributed by atoms with E-state index in [0.717, 1.165) is 38.0 Å². The fourth-order valence-corrected chi connectivity index (χ4v) is 3.81. The van der Waals surface area contributed by atoms with Crippen LogP contribution in [0.25, 0.3) is 0 Å². The van der Waals surface area contributed by atoms with Crippen LogP contribution in [0.5, 0.6) is 0 Å². The Morgan fingerprint density at radius 3 is 2.95 bits per heavy atom. The summed E-state index contributed by atoms with van der Waals surface area (Å²) >= 11 is 0. The Morgan fingerprint density at radius 2 is 2.16 bits per heavy atom. The highest BCUT2D eigenvalue weighted by Gasteiger charge is 2.34. The van der Waals surface area contributed by atoms with Crippen LogP contribution in [0.1, 0.15) is 32.1 Å². The maximum atomic E-state index is 6.23. The van der Waals surface area contributed by atoms with Gasteiger partial charge in [0.15, 0.2) is 0 Å². The molecule has 0 aromatic heterocycles. The molecule has 19 heavy (non-hydrogen) atoms. The molecule has 2 N–H and O–H groups in total. The van der Waals surface area contributed by atoms with Crippen molar-refractivity contribution in [1.29, 1.82) is 0 Å². The molecular weight excluding hydrogens is 238 g/mol. The van der Waals surface area contributed by atoms with Crippen molar-refractivity contribution in [3.8, 4) is 0 Å². The van der Waals surface area contributed by atoms with Crippen molar-refractivity contribution in [2.24, 2.45) is 11.7 Å². The Bertz CT molecular complexity index is 262. The Kier molecular flexibility index (Phi) is 6.07. The molecule has 4 heteroatoms. The summed E-state index contributed by atoms with van der Waals surface area (Å²) < 4.78 is 5.09. The number of nitrogens with two attached hydrogens (primary N) is 1. The van der Waals surface area contributed by atoms with E-state index >= 15 is 0 Å². The average molecular weight is 269 g/mol. The molecule has 2 saturated heterocycles. The molecule has 3 atom stereocenters. The van der Waals surface area contributed by atoms with E-state index in [-0.39, 0.29) is 0 Å². The molecule has 0 amide bonds. The topological polar surface area (TPSA) is 41.7 Å². The number of hydrogen-bond donors (Lipinski definition) is 1. The molecule has 0 bridgehead atoms. The maximum absolute atomic E-state index is 6.23. The predicted octanol–water partition coefficient (Wildman–Crippen LogP) is 1.16. The van der Waals surface area contributed by atoms with Gasteiger partial charge in [-0.25, -0.2) is 0 Å². The van der Waals surface area contributed by atoms with Crippen LogP contribution in [0.3, 0.4) is 0 Å². The van der Waals surface area contributed by atoms with Crippen LogP contribution in [0.15, 0.2) is 0 Å². The first kappa shape index (κ1) is 15.2. The molecule has 0 aromatic carbocycles. The van der Waals surface area contributed by atoms with Gasteiger partial charge in [0.05, 0.1) is 0 Å². The Labute approximate surface area is 118 Å². The van der Waals surface area contributed by atoms with Crippen molar-refractivity contribution >= 4 is 0 Å². The quantitative estimate of drug-likeness (QED) is 0.735. The molecule has 2 heterocycles. The molecule has 3 unspecified atom stereocenters. The standard InChI is InChI=1S/C15H31N3O/c1-17-8-3-5-13-11-18(9-7-15(13)17)12-14(16)6-4-10-19-2/h13-15H,3-12,16H2,1-2H3. The number of likely N-dealkylation sites (tertiary alicyclic amines) is 2. The minimum Gasteiger partial charge on any atom is -0.385 e. The average Bonchev–Trinajstić information content (AvgIpc) is 2.39. The fraction of sp³-hybridized carbons (Fsp3) is 1.00. The van der Waals surface area contributed by atoms with Gasteiger partial charge in [-0.2, -0.15) is 0 Å². The third kappa shape index (κ3) is 4.42. The van der Waals surface area contributed by atoms with E-state index in [4.69, 9.17) is 10.5 Å². The number of hydrogen-bond acceptors (Lipinski definition) is 4. The van der Waals surface area contributed by atoms with Gasteiger partial charge in [0, 0.05) is 38.9 Å². The molecule has 2 aliphatic heterocycles. The number of methoxy groups -OCH3 is 1. The van der Waals surface area contributed by atoms with E-state index in [1.54, 1.807) is 7.11 Å². The molecule has 0 saturated carbocycles. The largest absolute Gasteiger partial charge is 0.385 e. The van der Waals surface area contributed by atoms with Crippen molar-refractivity contribution < 1.29 is 4.74 Å². The summed E-state index contributed by atoms with van der Waals surface area (Å²) in [5.41, 5.74) is 6.23. The van der Waals surface area contributed by atoms with Crippen molar-refractivity contribution in [2.75, 3.05) is 46.9 Å². The molecule has 0 radical (unpaired) electrons. The van der Waals surface area contributed by atoms with Crippen molar-refractivity contribution in [3.05, 3.63) is 0 Å². The second-order valence-electron chi connectivity index (χ2n) is 6.39. The first-order chi connectivity index (χ1) is 9.20. The van der Waals surface area contributed by atoms with Gasteiger partial charge >= 0.3 is 0 Å². The number of rotatable bonds is 6. The lowest BCUT2D eigenvalue weighted by Gasteiger charge is -2.46. The van der Waals surface area contributed by atoms with Gasteiger partial charge in [0.1, 0.15) is 0 Å². The number of nitrogens with zero attached hydrogens (tertiary/aromatic N) is 2. The summed E-state index contributed by atoms with van der Waals surface area (Å²) in [7, 11) is 4.05. The highest BCUT2D eigenvalue weighted by atomic mass is 16.5. The van der Waals surface area contributed by atoms with Crippen LogP contribution in [-0.4, -0.2) is 68.8 Å². The highest BCUT2D eigenvalue weighted by Crippen LogP contribution is 2.29. The minimum atomic E-state index is 0.313. The Morgan fingerprint density at radius 1 is 1.32 bits per heavy atom. The number of ether oxygens (including phenoxy) is 1. The zero-order valence-electron chi connectivity index (χ0n) is 12.7. The molecule has 0 aromatic rings. The zero-order valence-corrected chi connectivity index (χ0v) is 12.7. The van der Waals surface area contributed by atoms with E-state index in [2.05, 4.69) is 16.8 Å². The maximum Gasteiger partial charge on any atom is 0.0462 e. The molecule has 0 aliphatic carbocycles. The number of piperidine rings is 2. The van der Waals surface area contributed by atoms with Gasteiger partial charge in [0.25, 0.3) is 0 Å². The summed E-state index contributed by atoms with van der Waals surface area (Å²) in [6.45, 7) is 5.67. The van der Waals surface area contributed by atoms with Crippen molar-refractivity contribution in [2.45, 2.75) is 44.2 Å². The van der Waals surface area contributed by atoms with E-state index in [0.29, 0.717) is 6.04 Å². The van der Waals surface area contributed by atoms with Gasteiger partial charge in [-0.15, -0.1) is 0 Å². The van der Waals surface area contributed by atoms with E-state index in [9.17, 15) is 0 Å². The van der Waals surface area contributed by atoms with Crippen molar-refractivity contribution in [3.63, 3.8) is 0 Å². The first-order valence-electron chi connectivity index (χ1n) is 7.88. The Hall–Kier alpha value is -0.160.